The first-order valence-corrected chi connectivity index (χ1v) is 10.1. The van der Waals surface area contributed by atoms with Gasteiger partial charge in [0, 0.05) is 30.5 Å². The molecule has 0 aliphatic heterocycles. The monoisotopic (exact) mass is 403 g/mol. The number of aromatic nitrogens is 1. The second-order valence-corrected chi connectivity index (χ2v) is 7.98. The summed E-state index contributed by atoms with van der Waals surface area (Å²) in [6, 6.07) is 17.6. The van der Waals surface area contributed by atoms with Crippen molar-refractivity contribution in [3.63, 3.8) is 0 Å². The predicted molar refractivity (Wildman–Crippen MR) is 120 cm³/mol. The van der Waals surface area contributed by atoms with E-state index < -0.39 is 6.10 Å². The fraction of sp³-hybridized carbons (Fsp3) is 0.280. The van der Waals surface area contributed by atoms with Crippen molar-refractivity contribution in [1.82, 2.24) is 15.2 Å². The van der Waals surface area contributed by atoms with Crippen molar-refractivity contribution in [2.75, 3.05) is 20.6 Å². The third-order valence-electron chi connectivity index (χ3n) is 4.95. The van der Waals surface area contributed by atoms with Gasteiger partial charge in [-0.05, 0) is 74.5 Å². The molecule has 1 heterocycles. The highest BCUT2D eigenvalue weighted by atomic mass is 16.3. The quantitative estimate of drug-likeness (QED) is 0.628. The first-order valence-electron chi connectivity index (χ1n) is 10.1. The Labute approximate surface area is 178 Å². The molecule has 0 aliphatic carbocycles. The fourth-order valence-corrected chi connectivity index (χ4v) is 3.23. The highest BCUT2D eigenvalue weighted by Gasteiger charge is 2.15. The summed E-state index contributed by atoms with van der Waals surface area (Å²) in [5.74, 6) is -0.178. The SMILES string of the molecule is Cc1ccc(-c2cc(C(=O)NCc3ccc(C)nc3)cc(C(O)CN(C)C)c2)cc1. The van der Waals surface area contributed by atoms with Crippen LogP contribution in [-0.4, -0.2) is 41.5 Å². The van der Waals surface area contributed by atoms with E-state index in [2.05, 4.69) is 10.3 Å². The molecule has 0 saturated heterocycles. The summed E-state index contributed by atoms with van der Waals surface area (Å²) in [4.78, 5) is 19.1. The number of rotatable bonds is 7. The molecule has 5 nitrogen and oxygen atoms in total. The number of nitrogens with zero attached hydrogens (tertiary/aromatic N) is 2. The average molecular weight is 404 g/mol. The molecule has 0 fully saturated rings. The van der Waals surface area contributed by atoms with E-state index >= 15 is 0 Å². The molecule has 1 aromatic heterocycles. The number of carbonyl (C=O) groups is 1. The van der Waals surface area contributed by atoms with Crippen LogP contribution < -0.4 is 5.32 Å². The van der Waals surface area contributed by atoms with Crippen LogP contribution in [0.3, 0.4) is 0 Å². The van der Waals surface area contributed by atoms with Gasteiger partial charge in [-0.15, -0.1) is 0 Å². The van der Waals surface area contributed by atoms with Gasteiger partial charge in [0.05, 0.1) is 6.10 Å². The predicted octanol–water partition coefficient (Wildman–Crippen LogP) is 3.89. The van der Waals surface area contributed by atoms with Crippen LogP contribution in [0.2, 0.25) is 0 Å². The Morgan fingerprint density at radius 2 is 1.77 bits per heavy atom. The van der Waals surface area contributed by atoms with Crippen LogP contribution in [-0.2, 0) is 6.54 Å². The van der Waals surface area contributed by atoms with Gasteiger partial charge in [0.25, 0.3) is 5.91 Å². The number of aliphatic hydroxyl groups excluding tert-OH is 1. The van der Waals surface area contributed by atoms with Crippen LogP contribution in [0.25, 0.3) is 11.1 Å². The minimum absolute atomic E-state index is 0.178. The van der Waals surface area contributed by atoms with Gasteiger partial charge in [0.1, 0.15) is 0 Å². The number of nitrogens with one attached hydrogen (secondary N) is 1. The van der Waals surface area contributed by atoms with E-state index in [4.69, 9.17) is 0 Å². The van der Waals surface area contributed by atoms with Crippen LogP contribution in [0.5, 0.6) is 0 Å². The van der Waals surface area contributed by atoms with Gasteiger partial charge in [-0.25, -0.2) is 0 Å². The minimum atomic E-state index is -0.682. The summed E-state index contributed by atoms with van der Waals surface area (Å²) in [6.07, 6.45) is 1.09. The van der Waals surface area contributed by atoms with Crippen LogP contribution >= 0.6 is 0 Å². The molecule has 0 aliphatic rings. The molecule has 3 rings (SSSR count). The highest BCUT2D eigenvalue weighted by Crippen LogP contribution is 2.26. The summed E-state index contributed by atoms with van der Waals surface area (Å²) < 4.78 is 0. The zero-order valence-corrected chi connectivity index (χ0v) is 18.0. The van der Waals surface area contributed by atoms with Crippen molar-refractivity contribution in [2.45, 2.75) is 26.5 Å². The summed E-state index contributed by atoms with van der Waals surface area (Å²) in [7, 11) is 3.83. The molecule has 1 atom stereocenters. The van der Waals surface area contributed by atoms with Crippen LogP contribution in [0, 0.1) is 13.8 Å². The number of aliphatic hydroxyl groups is 1. The molecule has 0 saturated carbocycles. The molecule has 0 spiro atoms. The van der Waals surface area contributed by atoms with Crippen LogP contribution in [0.4, 0.5) is 0 Å². The lowest BCUT2D eigenvalue weighted by Gasteiger charge is -2.18. The van der Waals surface area contributed by atoms with E-state index in [-0.39, 0.29) is 5.91 Å². The Balaban J connectivity index is 1.89. The molecule has 1 unspecified atom stereocenters. The van der Waals surface area contributed by atoms with E-state index in [0.29, 0.717) is 18.7 Å². The number of hydrogen-bond acceptors (Lipinski definition) is 4. The normalized spacial score (nSPS) is 12.1. The first-order chi connectivity index (χ1) is 14.3. The van der Waals surface area contributed by atoms with E-state index in [1.54, 1.807) is 12.3 Å². The van der Waals surface area contributed by atoms with E-state index in [9.17, 15) is 9.90 Å². The number of pyridine rings is 1. The molecule has 0 radical (unpaired) electrons. The zero-order valence-electron chi connectivity index (χ0n) is 18.0. The van der Waals surface area contributed by atoms with Crippen molar-refractivity contribution < 1.29 is 9.90 Å². The van der Waals surface area contributed by atoms with Crippen molar-refractivity contribution in [3.05, 3.63) is 88.7 Å². The van der Waals surface area contributed by atoms with E-state index in [1.165, 1.54) is 5.56 Å². The van der Waals surface area contributed by atoms with E-state index in [0.717, 1.165) is 27.9 Å². The lowest BCUT2D eigenvalue weighted by Crippen LogP contribution is -2.24. The number of hydrogen-bond donors (Lipinski definition) is 2. The van der Waals surface area contributed by atoms with Gasteiger partial charge in [-0.1, -0.05) is 35.9 Å². The Hall–Kier alpha value is -3.02. The van der Waals surface area contributed by atoms with Crippen molar-refractivity contribution in [2.24, 2.45) is 0 Å². The zero-order chi connectivity index (χ0) is 21.7. The number of carbonyl (C=O) groups excluding carboxylic acids is 1. The molecular formula is C25H29N3O2. The lowest BCUT2D eigenvalue weighted by atomic mass is 9.96. The Bertz CT molecular complexity index is 996. The number of aryl methyl sites for hydroxylation is 2. The van der Waals surface area contributed by atoms with Crippen LogP contribution in [0.15, 0.2) is 60.8 Å². The Morgan fingerprint density at radius 1 is 1.03 bits per heavy atom. The topological polar surface area (TPSA) is 65.5 Å². The van der Waals surface area contributed by atoms with Crippen molar-refractivity contribution >= 4 is 5.91 Å². The maximum absolute atomic E-state index is 12.9. The van der Waals surface area contributed by atoms with Crippen molar-refractivity contribution in [1.29, 1.82) is 0 Å². The van der Waals surface area contributed by atoms with Gasteiger partial charge >= 0.3 is 0 Å². The van der Waals surface area contributed by atoms with Crippen LogP contribution in [0.1, 0.15) is 38.8 Å². The summed E-state index contributed by atoms with van der Waals surface area (Å²) in [5.41, 5.74) is 6.23. The molecule has 2 aromatic carbocycles. The summed E-state index contributed by atoms with van der Waals surface area (Å²) >= 11 is 0. The highest BCUT2D eigenvalue weighted by molar-refractivity contribution is 5.95. The molecule has 30 heavy (non-hydrogen) atoms. The Morgan fingerprint density at radius 3 is 2.40 bits per heavy atom. The fourth-order valence-electron chi connectivity index (χ4n) is 3.23. The third kappa shape index (κ3) is 5.75. The third-order valence-corrected chi connectivity index (χ3v) is 4.95. The Kier molecular flexibility index (Phi) is 6.98. The largest absolute Gasteiger partial charge is 0.387 e. The van der Waals surface area contributed by atoms with Gasteiger partial charge in [-0.3, -0.25) is 9.78 Å². The second-order valence-electron chi connectivity index (χ2n) is 7.98. The number of likely N-dealkylation sites (N-methyl/N-ethyl adjacent to an activating group) is 1. The van der Waals surface area contributed by atoms with Gasteiger partial charge in [0.15, 0.2) is 0 Å². The maximum atomic E-state index is 12.9. The number of amides is 1. The maximum Gasteiger partial charge on any atom is 0.251 e. The standard InChI is InChI=1S/C25H29N3O2/c1-17-5-9-20(10-6-17)21-11-22(24(29)16-28(3)4)13-23(12-21)25(30)27-15-19-8-7-18(2)26-14-19/h5-14,24,29H,15-16H2,1-4H3,(H,27,30). The minimum Gasteiger partial charge on any atom is -0.387 e. The molecular weight excluding hydrogens is 374 g/mol. The lowest BCUT2D eigenvalue weighted by molar-refractivity contribution is 0.0950. The molecule has 5 heteroatoms. The average Bonchev–Trinajstić information content (AvgIpc) is 2.73. The molecule has 156 valence electrons. The smallest absolute Gasteiger partial charge is 0.251 e. The molecule has 2 N–H and O–H groups in total. The summed E-state index contributed by atoms with van der Waals surface area (Å²) in [5, 5.41) is 13.6. The number of benzene rings is 2. The van der Waals surface area contributed by atoms with Gasteiger partial charge in [-0.2, -0.15) is 0 Å². The second kappa shape index (κ2) is 9.65. The summed E-state index contributed by atoms with van der Waals surface area (Å²) in [6.45, 7) is 4.85. The van der Waals surface area contributed by atoms with Crippen molar-refractivity contribution in [3.8, 4) is 11.1 Å². The molecule has 1 amide bonds. The van der Waals surface area contributed by atoms with Gasteiger partial charge in [0.2, 0.25) is 0 Å². The molecule has 0 bridgehead atoms. The first kappa shape index (κ1) is 21.7. The van der Waals surface area contributed by atoms with Gasteiger partial charge < -0.3 is 15.3 Å². The molecule has 3 aromatic rings. The van der Waals surface area contributed by atoms with E-state index in [1.807, 2.05) is 81.4 Å².